The second kappa shape index (κ2) is 8.00. The minimum atomic E-state index is -1.16. The van der Waals surface area contributed by atoms with E-state index in [1.54, 1.807) is 48.5 Å². The van der Waals surface area contributed by atoms with Crippen LogP contribution in [0.4, 0.5) is 8.78 Å². The summed E-state index contributed by atoms with van der Waals surface area (Å²) in [5, 5.41) is 9.33. The first-order valence-electron chi connectivity index (χ1n) is 8.45. The molecule has 142 valence electrons. The minimum Gasteiger partial charge on any atom is -0.508 e. The van der Waals surface area contributed by atoms with E-state index in [9.17, 15) is 23.5 Å². The summed E-state index contributed by atoms with van der Waals surface area (Å²) in [6.07, 6.45) is -1.16. The number of ketones is 1. The van der Waals surface area contributed by atoms with Crippen LogP contribution in [-0.2, 0) is 4.74 Å². The van der Waals surface area contributed by atoms with E-state index in [1.165, 1.54) is 6.92 Å². The lowest BCUT2D eigenvalue weighted by atomic mass is 10.0. The highest BCUT2D eigenvalue weighted by Gasteiger charge is 2.21. The van der Waals surface area contributed by atoms with Crippen LogP contribution in [0.1, 0.15) is 27.6 Å². The molecule has 3 aromatic rings. The van der Waals surface area contributed by atoms with Crippen LogP contribution in [0, 0.1) is 11.6 Å². The standard InChI is InChI=1S/C22H16F2O4/c1-13(21(26)17-8-11-19(23)20(24)12-17)28-22(27)16-4-2-14(3-5-16)15-6-9-18(25)10-7-15/h2-13,25H,1H3/t13-/m0/s1. The number of carbonyl (C=O) groups is 2. The molecule has 4 nitrogen and oxygen atoms in total. The Morgan fingerprint density at radius 3 is 1.93 bits per heavy atom. The molecule has 0 fully saturated rings. The van der Waals surface area contributed by atoms with Gasteiger partial charge in [-0.25, -0.2) is 13.6 Å². The maximum Gasteiger partial charge on any atom is 0.338 e. The summed E-state index contributed by atoms with van der Waals surface area (Å²) in [5.74, 6) is -3.39. The van der Waals surface area contributed by atoms with Crippen molar-refractivity contribution in [2.24, 2.45) is 0 Å². The number of ether oxygens (including phenoxy) is 1. The van der Waals surface area contributed by atoms with Crippen LogP contribution in [0.25, 0.3) is 11.1 Å². The van der Waals surface area contributed by atoms with Crippen LogP contribution in [0.2, 0.25) is 0 Å². The number of benzene rings is 3. The van der Waals surface area contributed by atoms with E-state index in [1.807, 2.05) is 0 Å². The van der Waals surface area contributed by atoms with Gasteiger partial charge < -0.3 is 9.84 Å². The molecule has 0 aliphatic heterocycles. The molecule has 0 saturated heterocycles. The highest BCUT2D eigenvalue weighted by atomic mass is 19.2. The van der Waals surface area contributed by atoms with Gasteiger partial charge in [-0.05, 0) is 60.5 Å². The normalized spacial score (nSPS) is 11.7. The Bertz CT molecular complexity index is 1010. The van der Waals surface area contributed by atoms with E-state index in [0.29, 0.717) is 0 Å². The summed E-state index contributed by atoms with van der Waals surface area (Å²) in [4.78, 5) is 24.5. The zero-order valence-corrected chi connectivity index (χ0v) is 14.9. The number of phenols is 1. The van der Waals surface area contributed by atoms with Crippen LogP contribution in [0.5, 0.6) is 5.75 Å². The summed E-state index contributed by atoms with van der Waals surface area (Å²) >= 11 is 0. The molecule has 0 saturated carbocycles. The van der Waals surface area contributed by atoms with Crippen LogP contribution < -0.4 is 0 Å². The molecule has 0 aliphatic carbocycles. The summed E-state index contributed by atoms with van der Waals surface area (Å²) in [7, 11) is 0. The van der Waals surface area contributed by atoms with Crippen LogP contribution >= 0.6 is 0 Å². The van der Waals surface area contributed by atoms with Gasteiger partial charge in [0, 0.05) is 5.56 Å². The molecule has 0 aromatic heterocycles. The number of Topliss-reactive ketones (excluding diaryl/α,β-unsaturated/α-hetero) is 1. The summed E-state index contributed by atoms with van der Waals surface area (Å²) in [6.45, 7) is 1.37. The fourth-order valence-corrected chi connectivity index (χ4v) is 2.62. The molecule has 3 rings (SSSR count). The molecule has 0 heterocycles. The molecule has 1 N–H and O–H groups in total. The SMILES string of the molecule is C[C@H](OC(=O)c1ccc(-c2ccc(O)cc2)cc1)C(=O)c1ccc(F)c(F)c1. The second-order valence-electron chi connectivity index (χ2n) is 6.16. The molecule has 0 radical (unpaired) electrons. The van der Waals surface area contributed by atoms with Crippen molar-refractivity contribution < 1.29 is 28.2 Å². The lowest BCUT2D eigenvalue weighted by Crippen LogP contribution is -2.24. The molecular weight excluding hydrogens is 366 g/mol. The van der Waals surface area contributed by atoms with Crippen molar-refractivity contribution in [3.8, 4) is 16.9 Å². The smallest absolute Gasteiger partial charge is 0.338 e. The van der Waals surface area contributed by atoms with E-state index >= 15 is 0 Å². The topological polar surface area (TPSA) is 63.6 Å². The van der Waals surface area contributed by atoms with Gasteiger partial charge in [0.1, 0.15) is 5.75 Å². The van der Waals surface area contributed by atoms with Gasteiger partial charge in [-0.1, -0.05) is 24.3 Å². The third-order valence-corrected chi connectivity index (χ3v) is 4.18. The molecule has 28 heavy (non-hydrogen) atoms. The quantitative estimate of drug-likeness (QED) is 0.510. The van der Waals surface area contributed by atoms with Crippen molar-refractivity contribution in [2.75, 3.05) is 0 Å². The second-order valence-corrected chi connectivity index (χ2v) is 6.16. The number of carbonyl (C=O) groups excluding carboxylic acids is 2. The molecule has 6 heteroatoms. The van der Waals surface area contributed by atoms with Crippen molar-refractivity contribution in [2.45, 2.75) is 13.0 Å². The van der Waals surface area contributed by atoms with Gasteiger partial charge in [0.25, 0.3) is 0 Å². The Kier molecular flexibility index (Phi) is 5.49. The Labute approximate surface area is 160 Å². The van der Waals surface area contributed by atoms with Gasteiger partial charge in [0.2, 0.25) is 5.78 Å². The lowest BCUT2D eigenvalue weighted by molar-refractivity contribution is 0.0318. The number of hydrogen-bond acceptors (Lipinski definition) is 4. The number of hydrogen-bond donors (Lipinski definition) is 1. The first-order chi connectivity index (χ1) is 13.3. The van der Waals surface area contributed by atoms with E-state index in [2.05, 4.69) is 0 Å². The highest BCUT2D eigenvalue weighted by molar-refractivity contribution is 6.01. The first-order valence-corrected chi connectivity index (χ1v) is 8.45. The summed E-state index contributed by atoms with van der Waals surface area (Å²) < 4.78 is 31.4. The largest absolute Gasteiger partial charge is 0.508 e. The number of halogens is 2. The van der Waals surface area contributed by atoms with Crippen molar-refractivity contribution in [1.82, 2.24) is 0 Å². The Balaban J connectivity index is 1.69. The van der Waals surface area contributed by atoms with Crippen molar-refractivity contribution in [3.05, 3.63) is 89.5 Å². The zero-order chi connectivity index (χ0) is 20.3. The van der Waals surface area contributed by atoms with Crippen molar-refractivity contribution >= 4 is 11.8 Å². The third kappa shape index (κ3) is 4.23. The van der Waals surface area contributed by atoms with Crippen LogP contribution in [0.15, 0.2) is 66.7 Å². The van der Waals surface area contributed by atoms with Crippen LogP contribution in [0.3, 0.4) is 0 Å². The zero-order valence-electron chi connectivity index (χ0n) is 14.9. The highest BCUT2D eigenvalue weighted by Crippen LogP contribution is 2.22. The van der Waals surface area contributed by atoms with E-state index < -0.39 is 29.5 Å². The fourth-order valence-electron chi connectivity index (χ4n) is 2.62. The Hall–Kier alpha value is -3.54. The number of rotatable bonds is 5. The molecule has 0 unspecified atom stereocenters. The average molecular weight is 382 g/mol. The fraction of sp³-hybridized carbons (Fsp3) is 0.0909. The van der Waals surface area contributed by atoms with Gasteiger partial charge in [-0.15, -0.1) is 0 Å². The van der Waals surface area contributed by atoms with Crippen molar-refractivity contribution in [3.63, 3.8) is 0 Å². The van der Waals surface area contributed by atoms with E-state index in [0.717, 1.165) is 29.3 Å². The van der Waals surface area contributed by atoms with Gasteiger partial charge in [0.15, 0.2) is 17.7 Å². The molecule has 0 amide bonds. The first kappa shape index (κ1) is 19.2. The van der Waals surface area contributed by atoms with E-state index in [4.69, 9.17) is 4.74 Å². The molecule has 0 bridgehead atoms. The van der Waals surface area contributed by atoms with Gasteiger partial charge >= 0.3 is 5.97 Å². The van der Waals surface area contributed by atoms with Crippen molar-refractivity contribution in [1.29, 1.82) is 0 Å². The van der Waals surface area contributed by atoms with Crippen LogP contribution in [-0.4, -0.2) is 23.0 Å². The number of phenolic OH excluding ortho intramolecular Hbond substituents is 1. The number of aromatic hydroxyl groups is 1. The Morgan fingerprint density at radius 2 is 1.36 bits per heavy atom. The summed E-state index contributed by atoms with van der Waals surface area (Å²) in [5.41, 5.74) is 1.86. The predicted octanol–water partition coefficient (Wildman–Crippen LogP) is 4.77. The molecule has 1 atom stereocenters. The van der Waals surface area contributed by atoms with E-state index in [-0.39, 0.29) is 16.9 Å². The van der Waals surface area contributed by atoms with Gasteiger partial charge in [-0.3, -0.25) is 4.79 Å². The minimum absolute atomic E-state index is 0.0816. The molecule has 0 spiro atoms. The average Bonchev–Trinajstić information content (AvgIpc) is 2.70. The summed E-state index contributed by atoms with van der Waals surface area (Å²) in [6, 6.07) is 15.9. The lowest BCUT2D eigenvalue weighted by Gasteiger charge is -2.13. The Morgan fingerprint density at radius 1 is 0.821 bits per heavy atom. The molecule has 0 aliphatic rings. The van der Waals surface area contributed by atoms with Gasteiger partial charge in [0.05, 0.1) is 5.56 Å². The van der Waals surface area contributed by atoms with Gasteiger partial charge in [-0.2, -0.15) is 0 Å². The monoisotopic (exact) mass is 382 g/mol. The predicted molar refractivity (Wildman–Crippen MR) is 99.1 cm³/mol. The molecular formula is C22H16F2O4. The number of esters is 1. The maximum atomic E-state index is 13.3. The maximum absolute atomic E-state index is 13.3. The molecule has 3 aromatic carbocycles. The third-order valence-electron chi connectivity index (χ3n) is 4.18.